The fourth-order valence-electron chi connectivity index (χ4n) is 2.45. The lowest BCUT2D eigenvalue weighted by Crippen LogP contribution is -2.42. The molecule has 1 heterocycles. The van der Waals surface area contributed by atoms with Crippen molar-refractivity contribution >= 4 is 11.0 Å². The Kier molecular flexibility index (Phi) is 6.32. The van der Waals surface area contributed by atoms with Gasteiger partial charge in [-0.1, -0.05) is 0 Å². The summed E-state index contributed by atoms with van der Waals surface area (Å²) in [6.07, 6.45) is -2.02. The molecule has 0 radical (unpaired) electrons. The molecule has 0 spiro atoms. The molecular formula is C20H28O7. The van der Waals surface area contributed by atoms with Gasteiger partial charge in [0, 0.05) is 30.5 Å². The smallest absolute Gasteiger partial charge is 0.336 e. The number of aliphatic hydroxyl groups excluding tert-OH is 2. The summed E-state index contributed by atoms with van der Waals surface area (Å²) in [7, 11) is 1.50. The van der Waals surface area contributed by atoms with Gasteiger partial charge in [-0.2, -0.15) is 0 Å². The summed E-state index contributed by atoms with van der Waals surface area (Å²) in [5.41, 5.74) is -1.97. The predicted molar refractivity (Wildman–Crippen MR) is 101 cm³/mol. The van der Waals surface area contributed by atoms with E-state index in [1.54, 1.807) is 32.0 Å². The van der Waals surface area contributed by atoms with E-state index < -0.39 is 29.0 Å². The van der Waals surface area contributed by atoms with E-state index in [9.17, 15) is 20.1 Å². The third-order valence-corrected chi connectivity index (χ3v) is 4.79. The highest BCUT2D eigenvalue weighted by Crippen LogP contribution is 2.31. The standard InChI is InChI=1S/C20H28O7/c1-19(2,24)15(21)10-13-14(26-11-16(22)20(3,4)25-5)8-6-12-7-9-17(23)27-18(12)13/h6-9,15-16,21-22,24H,10-11H2,1-5H3/t15-,16+/m0/s1. The van der Waals surface area contributed by atoms with Crippen molar-refractivity contribution in [3.8, 4) is 5.75 Å². The highest BCUT2D eigenvalue weighted by Gasteiger charge is 2.30. The lowest BCUT2D eigenvalue weighted by Gasteiger charge is -2.29. The minimum absolute atomic E-state index is 0.00684. The summed E-state index contributed by atoms with van der Waals surface area (Å²) in [5, 5.41) is 31.4. The summed E-state index contributed by atoms with van der Waals surface area (Å²) in [4.78, 5) is 11.7. The summed E-state index contributed by atoms with van der Waals surface area (Å²) in [6, 6.07) is 6.33. The van der Waals surface area contributed by atoms with Crippen molar-refractivity contribution in [2.45, 2.75) is 57.5 Å². The highest BCUT2D eigenvalue weighted by molar-refractivity contribution is 5.82. The molecule has 7 heteroatoms. The van der Waals surface area contributed by atoms with E-state index in [0.29, 0.717) is 16.7 Å². The van der Waals surface area contributed by atoms with E-state index in [2.05, 4.69) is 0 Å². The van der Waals surface area contributed by atoms with Crippen molar-refractivity contribution < 1.29 is 29.2 Å². The van der Waals surface area contributed by atoms with Crippen molar-refractivity contribution in [3.05, 3.63) is 40.2 Å². The SMILES string of the molecule is COC(C)(C)[C@H](O)COc1ccc2ccc(=O)oc2c1C[C@H](O)C(C)(C)O. The van der Waals surface area contributed by atoms with Gasteiger partial charge in [0.1, 0.15) is 24.0 Å². The first-order chi connectivity index (χ1) is 12.5. The van der Waals surface area contributed by atoms with Crippen LogP contribution in [-0.2, 0) is 11.2 Å². The van der Waals surface area contributed by atoms with Crippen LogP contribution in [0.25, 0.3) is 11.0 Å². The van der Waals surface area contributed by atoms with Crippen LogP contribution in [0.2, 0.25) is 0 Å². The number of aliphatic hydroxyl groups is 3. The fourth-order valence-corrected chi connectivity index (χ4v) is 2.45. The maximum atomic E-state index is 11.7. The Morgan fingerprint density at radius 1 is 1.07 bits per heavy atom. The van der Waals surface area contributed by atoms with Crippen LogP contribution in [0.15, 0.2) is 33.5 Å². The van der Waals surface area contributed by atoms with Gasteiger partial charge in [0.25, 0.3) is 0 Å². The van der Waals surface area contributed by atoms with Crippen LogP contribution in [0.4, 0.5) is 0 Å². The highest BCUT2D eigenvalue weighted by atomic mass is 16.5. The zero-order valence-corrected chi connectivity index (χ0v) is 16.4. The Morgan fingerprint density at radius 3 is 2.30 bits per heavy atom. The molecule has 0 saturated heterocycles. The number of fused-ring (bicyclic) bond motifs is 1. The van der Waals surface area contributed by atoms with Crippen LogP contribution in [0.3, 0.4) is 0 Å². The lowest BCUT2D eigenvalue weighted by molar-refractivity contribution is -0.0916. The molecule has 1 aromatic carbocycles. The van der Waals surface area contributed by atoms with E-state index in [1.807, 2.05) is 0 Å². The van der Waals surface area contributed by atoms with Crippen molar-refractivity contribution in [1.29, 1.82) is 0 Å². The average molecular weight is 380 g/mol. The molecule has 0 aliphatic heterocycles. The quantitative estimate of drug-likeness (QED) is 0.597. The molecule has 0 amide bonds. The second kappa shape index (κ2) is 7.98. The Bertz CT molecular complexity index is 832. The summed E-state index contributed by atoms with van der Waals surface area (Å²) < 4.78 is 16.3. The number of hydrogen-bond donors (Lipinski definition) is 3. The summed E-state index contributed by atoms with van der Waals surface area (Å²) >= 11 is 0. The van der Waals surface area contributed by atoms with Crippen molar-refractivity contribution in [2.24, 2.45) is 0 Å². The van der Waals surface area contributed by atoms with Gasteiger partial charge in [-0.25, -0.2) is 4.79 Å². The molecule has 0 unspecified atom stereocenters. The van der Waals surface area contributed by atoms with Gasteiger partial charge in [0.05, 0.1) is 17.3 Å². The van der Waals surface area contributed by atoms with Gasteiger partial charge >= 0.3 is 5.63 Å². The zero-order valence-electron chi connectivity index (χ0n) is 16.4. The summed E-state index contributed by atoms with van der Waals surface area (Å²) in [6.45, 7) is 6.39. The molecular weight excluding hydrogens is 352 g/mol. The third kappa shape index (κ3) is 5.07. The molecule has 0 bridgehead atoms. The molecule has 150 valence electrons. The number of ether oxygens (including phenoxy) is 2. The van der Waals surface area contributed by atoms with Crippen LogP contribution in [0.5, 0.6) is 5.75 Å². The van der Waals surface area contributed by atoms with Gasteiger partial charge in [-0.15, -0.1) is 0 Å². The molecule has 7 nitrogen and oxygen atoms in total. The minimum atomic E-state index is -1.36. The zero-order chi connectivity index (χ0) is 20.4. The molecule has 0 saturated carbocycles. The van der Waals surface area contributed by atoms with E-state index in [1.165, 1.54) is 27.0 Å². The number of methoxy groups -OCH3 is 1. The molecule has 2 aromatic rings. The lowest BCUT2D eigenvalue weighted by atomic mass is 9.94. The second-order valence-electron chi connectivity index (χ2n) is 7.72. The number of hydrogen-bond acceptors (Lipinski definition) is 7. The first-order valence-corrected chi connectivity index (χ1v) is 8.78. The van der Waals surface area contributed by atoms with Gasteiger partial charge in [0.15, 0.2) is 0 Å². The maximum Gasteiger partial charge on any atom is 0.336 e. The predicted octanol–water partition coefficient (Wildman–Crippen LogP) is 1.63. The molecule has 3 N–H and O–H groups in total. The topological polar surface area (TPSA) is 109 Å². The van der Waals surface area contributed by atoms with Gasteiger partial charge in [-0.3, -0.25) is 0 Å². The van der Waals surface area contributed by atoms with E-state index in [4.69, 9.17) is 13.9 Å². The molecule has 2 atom stereocenters. The van der Waals surface area contributed by atoms with Crippen molar-refractivity contribution in [3.63, 3.8) is 0 Å². The molecule has 0 aliphatic carbocycles. The first kappa shape index (κ1) is 21.4. The normalized spacial score (nSPS) is 15.0. The Hall–Kier alpha value is -1.93. The van der Waals surface area contributed by atoms with Crippen molar-refractivity contribution in [1.82, 2.24) is 0 Å². The Labute approximate surface area is 158 Å². The molecule has 1 aromatic heterocycles. The second-order valence-corrected chi connectivity index (χ2v) is 7.72. The Morgan fingerprint density at radius 2 is 1.70 bits per heavy atom. The molecule has 2 rings (SSSR count). The minimum Gasteiger partial charge on any atom is -0.490 e. The van der Waals surface area contributed by atoms with Gasteiger partial charge < -0.3 is 29.2 Å². The van der Waals surface area contributed by atoms with Crippen LogP contribution in [0.1, 0.15) is 33.3 Å². The van der Waals surface area contributed by atoms with E-state index in [0.717, 1.165) is 0 Å². The summed E-state index contributed by atoms with van der Waals surface area (Å²) in [5.74, 6) is 0.353. The van der Waals surface area contributed by atoms with Crippen LogP contribution in [-0.4, -0.2) is 52.4 Å². The third-order valence-electron chi connectivity index (χ3n) is 4.79. The van der Waals surface area contributed by atoms with Crippen molar-refractivity contribution in [2.75, 3.05) is 13.7 Å². The monoisotopic (exact) mass is 380 g/mol. The number of rotatable bonds is 8. The first-order valence-electron chi connectivity index (χ1n) is 8.78. The molecule has 0 aliphatic rings. The van der Waals surface area contributed by atoms with Crippen LogP contribution in [0, 0.1) is 0 Å². The van der Waals surface area contributed by atoms with E-state index in [-0.39, 0.29) is 18.6 Å². The van der Waals surface area contributed by atoms with Crippen LogP contribution < -0.4 is 10.4 Å². The van der Waals surface area contributed by atoms with Gasteiger partial charge in [0.2, 0.25) is 0 Å². The van der Waals surface area contributed by atoms with Crippen LogP contribution >= 0.6 is 0 Å². The van der Waals surface area contributed by atoms with E-state index >= 15 is 0 Å². The largest absolute Gasteiger partial charge is 0.490 e. The van der Waals surface area contributed by atoms with Gasteiger partial charge in [-0.05, 0) is 45.9 Å². The number of benzene rings is 1. The molecule has 27 heavy (non-hydrogen) atoms. The maximum absolute atomic E-state index is 11.7. The fraction of sp³-hybridized carbons (Fsp3) is 0.550. The molecule has 0 fully saturated rings. The average Bonchev–Trinajstić information content (AvgIpc) is 2.59. The Balaban J connectivity index is 2.42.